The topological polar surface area (TPSA) is 16.1 Å². The van der Waals surface area contributed by atoms with Crippen molar-refractivity contribution in [1.29, 1.82) is 0 Å². The lowest BCUT2D eigenvalue weighted by atomic mass is 10.3. The summed E-state index contributed by atoms with van der Waals surface area (Å²) in [4.78, 5) is 5.63. The number of thiocarbonyl (C=S) groups is 1. The van der Waals surface area contributed by atoms with Crippen LogP contribution < -0.4 is 0 Å². The molecule has 0 unspecified atom stereocenters. The van der Waals surface area contributed by atoms with E-state index in [0.717, 1.165) is 37.1 Å². The highest BCUT2D eigenvalue weighted by atomic mass is 35.5. The Morgan fingerprint density at radius 3 is 2.42 bits per heavy atom. The molecule has 0 atom stereocenters. The van der Waals surface area contributed by atoms with E-state index in [1.54, 1.807) is 0 Å². The average molecular weight is 329 g/mol. The van der Waals surface area contributed by atoms with Gasteiger partial charge in [0.05, 0.1) is 10.6 Å². The van der Waals surface area contributed by atoms with Crippen LogP contribution in [0.25, 0.3) is 0 Å². The fourth-order valence-electron chi connectivity index (χ4n) is 1.28. The van der Waals surface area contributed by atoms with Crippen LogP contribution in [0.1, 0.15) is 19.4 Å². The Hall–Kier alpha value is -0.530. The Morgan fingerprint density at radius 1 is 1.42 bits per heavy atom. The molecular weight excluding hydrogens is 317 g/mol. The first-order chi connectivity index (χ1) is 8.79. The van der Waals surface area contributed by atoms with Crippen molar-refractivity contribution in [2.24, 2.45) is 0 Å². The zero-order valence-electron chi connectivity index (χ0n) is 10.3. The summed E-state index contributed by atoms with van der Waals surface area (Å²) in [5.74, 6) is 0. The van der Waals surface area contributed by atoms with Crippen molar-refractivity contribution >= 4 is 39.9 Å². The minimum Gasteiger partial charge on any atom is -0.358 e. The third-order valence-electron chi connectivity index (χ3n) is 2.34. The molecule has 0 radical (unpaired) electrons. The van der Waals surface area contributed by atoms with Gasteiger partial charge in [-0.15, -0.1) is 0 Å². The van der Waals surface area contributed by atoms with Gasteiger partial charge >= 0.3 is 6.18 Å². The number of hydrogen-bond acceptors (Lipinski definition) is 3. The quantitative estimate of drug-likeness (QED) is 0.600. The van der Waals surface area contributed by atoms with Crippen molar-refractivity contribution < 1.29 is 13.2 Å². The van der Waals surface area contributed by atoms with Gasteiger partial charge in [0.1, 0.15) is 9.35 Å². The number of hydrogen-bond donors (Lipinski definition) is 0. The molecule has 0 saturated heterocycles. The zero-order chi connectivity index (χ0) is 14.6. The first kappa shape index (κ1) is 16.5. The van der Waals surface area contributed by atoms with Crippen LogP contribution in [0.4, 0.5) is 13.2 Å². The number of nitrogens with zero attached hydrogens (tertiary/aromatic N) is 2. The Morgan fingerprint density at radius 2 is 2.00 bits per heavy atom. The molecule has 0 saturated carbocycles. The van der Waals surface area contributed by atoms with Gasteiger partial charge in [0, 0.05) is 19.3 Å². The van der Waals surface area contributed by atoms with E-state index in [9.17, 15) is 13.2 Å². The summed E-state index contributed by atoms with van der Waals surface area (Å²) in [5.41, 5.74) is -0.865. The van der Waals surface area contributed by atoms with Crippen LogP contribution >= 0.6 is 35.6 Å². The largest absolute Gasteiger partial charge is 0.417 e. The molecule has 0 spiro atoms. The van der Waals surface area contributed by atoms with E-state index in [1.807, 2.05) is 18.7 Å². The van der Waals surface area contributed by atoms with E-state index in [1.165, 1.54) is 0 Å². The summed E-state index contributed by atoms with van der Waals surface area (Å²) in [5, 5.41) is 0.237. The van der Waals surface area contributed by atoms with Gasteiger partial charge in [0.25, 0.3) is 0 Å². The second kappa shape index (κ2) is 6.76. The third kappa shape index (κ3) is 4.50. The predicted molar refractivity (Wildman–Crippen MR) is 75.6 cm³/mol. The SMILES string of the molecule is CCN(CC)C(=S)Sc1ncc(C(F)(F)F)cc1Cl. The number of halogens is 4. The van der Waals surface area contributed by atoms with Gasteiger partial charge in [-0.1, -0.05) is 23.8 Å². The highest BCUT2D eigenvalue weighted by molar-refractivity contribution is 8.22. The Bertz CT molecular complexity index is 462. The second-order valence-electron chi connectivity index (χ2n) is 3.55. The summed E-state index contributed by atoms with van der Waals surface area (Å²) < 4.78 is 37.9. The normalized spacial score (nSPS) is 11.5. The monoisotopic (exact) mass is 328 g/mol. The molecule has 0 aliphatic carbocycles. The second-order valence-corrected chi connectivity index (χ2v) is 5.58. The summed E-state index contributed by atoms with van der Waals surface area (Å²) in [6, 6.07) is 0.863. The van der Waals surface area contributed by atoms with Crippen molar-refractivity contribution in [3.63, 3.8) is 0 Å². The lowest BCUT2D eigenvalue weighted by molar-refractivity contribution is -0.137. The van der Waals surface area contributed by atoms with E-state index in [-0.39, 0.29) is 10.0 Å². The number of pyridine rings is 1. The van der Waals surface area contributed by atoms with Crippen LogP contribution in [0.2, 0.25) is 5.02 Å². The molecule has 0 fully saturated rings. The molecule has 19 heavy (non-hydrogen) atoms. The molecule has 8 heteroatoms. The molecule has 0 aromatic carbocycles. The third-order valence-corrected chi connectivity index (χ3v) is 4.20. The summed E-state index contributed by atoms with van der Waals surface area (Å²) in [6.45, 7) is 5.33. The average Bonchev–Trinajstić information content (AvgIpc) is 2.32. The van der Waals surface area contributed by atoms with Gasteiger partial charge in [-0.05, 0) is 31.7 Å². The fraction of sp³-hybridized carbons (Fsp3) is 0.455. The maximum Gasteiger partial charge on any atom is 0.417 e. The number of rotatable bonds is 3. The first-order valence-electron chi connectivity index (χ1n) is 5.49. The number of alkyl halides is 3. The zero-order valence-corrected chi connectivity index (χ0v) is 12.7. The van der Waals surface area contributed by atoms with Gasteiger partial charge in [-0.25, -0.2) is 4.98 Å². The Labute approximate surface area is 124 Å². The summed E-state index contributed by atoms with van der Waals surface area (Å²) in [7, 11) is 0. The number of aromatic nitrogens is 1. The lowest BCUT2D eigenvalue weighted by Gasteiger charge is -2.20. The molecule has 1 aromatic heterocycles. The van der Waals surface area contributed by atoms with Gasteiger partial charge in [0.15, 0.2) is 0 Å². The molecule has 0 N–H and O–H groups in total. The molecule has 0 amide bonds. The van der Waals surface area contributed by atoms with Crippen molar-refractivity contribution in [1.82, 2.24) is 9.88 Å². The van der Waals surface area contributed by atoms with Crippen molar-refractivity contribution in [3.8, 4) is 0 Å². The standard InChI is InChI=1S/C11H12ClF3N2S2/c1-3-17(4-2)10(18)19-9-8(12)5-7(6-16-9)11(13,14)15/h5-6H,3-4H2,1-2H3. The molecule has 0 aliphatic heterocycles. The highest BCUT2D eigenvalue weighted by Gasteiger charge is 2.31. The Kier molecular flexibility index (Phi) is 5.88. The number of thioether (sulfide) groups is 1. The fourth-order valence-corrected chi connectivity index (χ4v) is 2.88. The van der Waals surface area contributed by atoms with Crippen LogP contribution in [-0.4, -0.2) is 27.3 Å². The van der Waals surface area contributed by atoms with Gasteiger partial charge < -0.3 is 4.90 Å². The van der Waals surface area contributed by atoms with E-state index < -0.39 is 11.7 Å². The summed E-state index contributed by atoms with van der Waals surface area (Å²) >= 11 is 12.1. The van der Waals surface area contributed by atoms with Crippen LogP contribution in [0.15, 0.2) is 17.3 Å². The van der Waals surface area contributed by atoms with E-state index in [2.05, 4.69) is 4.98 Å². The minimum atomic E-state index is -4.45. The molecule has 1 heterocycles. The van der Waals surface area contributed by atoms with Gasteiger partial charge in [-0.2, -0.15) is 13.2 Å². The van der Waals surface area contributed by atoms with Crippen molar-refractivity contribution in [2.75, 3.05) is 13.1 Å². The Balaban J connectivity index is 2.89. The smallest absolute Gasteiger partial charge is 0.358 e. The van der Waals surface area contributed by atoms with Gasteiger partial charge in [0.2, 0.25) is 0 Å². The van der Waals surface area contributed by atoms with E-state index >= 15 is 0 Å². The molecule has 106 valence electrons. The van der Waals surface area contributed by atoms with Crippen molar-refractivity contribution in [3.05, 3.63) is 22.8 Å². The van der Waals surface area contributed by atoms with Gasteiger partial charge in [-0.3, -0.25) is 0 Å². The van der Waals surface area contributed by atoms with Crippen LogP contribution in [0.3, 0.4) is 0 Å². The van der Waals surface area contributed by atoms with E-state index in [0.29, 0.717) is 4.32 Å². The molecule has 0 bridgehead atoms. The summed E-state index contributed by atoms with van der Waals surface area (Å²) in [6.07, 6.45) is -3.68. The molecular formula is C11H12ClF3N2S2. The maximum atomic E-state index is 12.5. The lowest BCUT2D eigenvalue weighted by Crippen LogP contribution is -2.26. The molecule has 1 aromatic rings. The minimum absolute atomic E-state index is 0.0469. The van der Waals surface area contributed by atoms with Crippen LogP contribution in [0.5, 0.6) is 0 Å². The molecule has 2 nitrogen and oxygen atoms in total. The van der Waals surface area contributed by atoms with Crippen molar-refractivity contribution in [2.45, 2.75) is 25.0 Å². The maximum absolute atomic E-state index is 12.5. The van der Waals surface area contributed by atoms with E-state index in [4.69, 9.17) is 23.8 Å². The molecule has 1 rings (SSSR count). The van der Waals surface area contributed by atoms with Crippen LogP contribution in [0, 0.1) is 0 Å². The predicted octanol–water partition coefficient (Wildman–Crippen LogP) is 4.47. The highest BCUT2D eigenvalue weighted by Crippen LogP contribution is 2.34. The molecule has 0 aliphatic rings. The first-order valence-corrected chi connectivity index (χ1v) is 7.09. The van der Waals surface area contributed by atoms with Crippen LogP contribution in [-0.2, 0) is 6.18 Å².